The first kappa shape index (κ1) is 15.2. The molecule has 0 radical (unpaired) electrons. The van der Waals surface area contributed by atoms with Crippen LogP contribution in [0.5, 0.6) is 0 Å². The molecule has 112 valence electrons. The van der Waals surface area contributed by atoms with Crippen LogP contribution in [0.25, 0.3) is 11.4 Å². The second kappa shape index (κ2) is 5.27. The van der Waals surface area contributed by atoms with Crippen LogP contribution in [0.15, 0.2) is 18.2 Å². The lowest BCUT2D eigenvalue weighted by Gasteiger charge is -2.18. The average molecular weight is 294 g/mol. The van der Waals surface area contributed by atoms with Crippen LogP contribution in [0.4, 0.5) is 8.78 Å². The number of nitrogens with zero attached hydrogens (tertiary/aromatic N) is 1. The molecule has 0 amide bonds. The molecule has 0 atom stereocenters. The number of aromatic nitrogens is 2. The average Bonchev–Trinajstić information content (AvgIpc) is 2.68. The third-order valence-electron chi connectivity index (χ3n) is 2.66. The number of aryl methyl sites for hydroxylation is 1. The largest absolute Gasteiger partial charge is 0.455 e. The van der Waals surface area contributed by atoms with Gasteiger partial charge in [-0.2, -0.15) is 0 Å². The number of esters is 1. The molecule has 0 fully saturated rings. The van der Waals surface area contributed by atoms with Crippen molar-refractivity contribution in [3.8, 4) is 11.4 Å². The fourth-order valence-corrected chi connectivity index (χ4v) is 1.79. The van der Waals surface area contributed by atoms with Gasteiger partial charge in [0, 0.05) is 11.8 Å². The number of carbonyl (C=O) groups is 1. The summed E-state index contributed by atoms with van der Waals surface area (Å²) in [7, 11) is 0. The molecule has 1 N–H and O–H groups in total. The van der Waals surface area contributed by atoms with Crippen LogP contribution < -0.4 is 0 Å². The van der Waals surface area contributed by atoms with Gasteiger partial charge in [-0.15, -0.1) is 0 Å². The van der Waals surface area contributed by atoms with E-state index in [0.717, 1.165) is 12.1 Å². The lowest BCUT2D eigenvalue weighted by Crippen LogP contribution is -2.24. The van der Waals surface area contributed by atoms with E-state index >= 15 is 0 Å². The van der Waals surface area contributed by atoms with Crippen molar-refractivity contribution in [2.75, 3.05) is 0 Å². The summed E-state index contributed by atoms with van der Waals surface area (Å²) in [4.78, 5) is 18.9. The van der Waals surface area contributed by atoms with Gasteiger partial charge in [0.05, 0.1) is 5.56 Å². The third-order valence-corrected chi connectivity index (χ3v) is 2.66. The van der Waals surface area contributed by atoms with Gasteiger partial charge in [0.2, 0.25) is 0 Å². The lowest BCUT2D eigenvalue weighted by atomic mass is 10.2. The lowest BCUT2D eigenvalue weighted by molar-refractivity contribution is 0.00627. The zero-order chi connectivity index (χ0) is 15.8. The van der Waals surface area contributed by atoms with E-state index in [-0.39, 0.29) is 17.1 Å². The van der Waals surface area contributed by atoms with Gasteiger partial charge >= 0.3 is 5.97 Å². The predicted molar refractivity (Wildman–Crippen MR) is 73.8 cm³/mol. The number of ether oxygens (including phenoxy) is 1. The first-order chi connectivity index (χ1) is 9.67. The van der Waals surface area contributed by atoms with Crippen molar-refractivity contribution < 1.29 is 18.3 Å². The summed E-state index contributed by atoms with van der Waals surface area (Å²) in [6.07, 6.45) is 0. The molecule has 0 aliphatic heterocycles. The maximum Gasteiger partial charge on any atom is 0.359 e. The molecule has 0 aliphatic carbocycles. The van der Waals surface area contributed by atoms with Crippen LogP contribution in [-0.2, 0) is 4.74 Å². The Kier molecular flexibility index (Phi) is 3.80. The molecule has 1 heterocycles. The van der Waals surface area contributed by atoms with Crippen LogP contribution in [0.1, 0.15) is 37.0 Å². The van der Waals surface area contributed by atoms with Gasteiger partial charge in [-0.3, -0.25) is 0 Å². The number of benzene rings is 1. The number of H-pyrrole nitrogens is 1. The van der Waals surface area contributed by atoms with Gasteiger partial charge < -0.3 is 9.72 Å². The van der Waals surface area contributed by atoms with E-state index in [1.165, 1.54) is 6.07 Å². The minimum Gasteiger partial charge on any atom is -0.455 e. The standard InChI is InChI=1S/C15H16F2N2O2/c1-8-12(14(20)21-15(2,3)4)19-13(18-8)10-6-5-9(16)7-11(10)17/h5-7H,1-4H3,(H,18,19). The predicted octanol–water partition coefficient (Wildman–Crippen LogP) is 3.62. The van der Waals surface area contributed by atoms with E-state index in [1.54, 1.807) is 27.7 Å². The highest BCUT2D eigenvalue weighted by Gasteiger charge is 2.23. The Labute approximate surface area is 121 Å². The zero-order valence-corrected chi connectivity index (χ0v) is 12.3. The van der Waals surface area contributed by atoms with Crippen molar-refractivity contribution in [3.05, 3.63) is 41.2 Å². The topological polar surface area (TPSA) is 55.0 Å². The number of aromatic amines is 1. The van der Waals surface area contributed by atoms with Crippen LogP contribution >= 0.6 is 0 Å². The molecule has 4 nitrogen and oxygen atoms in total. The molecule has 1 aromatic heterocycles. The molecular formula is C15H16F2N2O2. The summed E-state index contributed by atoms with van der Waals surface area (Å²) in [5.74, 6) is -1.86. The molecule has 2 rings (SSSR count). The quantitative estimate of drug-likeness (QED) is 0.861. The van der Waals surface area contributed by atoms with Gasteiger partial charge in [0.15, 0.2) is 5.69 Å². The van der Waals surface area contributed by atoms with Crippen LogP contribution in [0.2, 0.25) is 0 Å². The fraction of sp³-hybridized carbons (Fsp3) is 0.333. The van der Waals surface area contributed by atoms with Gasteiger partial charge in [-0.1, -0.05) is 0 Å². The van der Waals surface area contributed by atoms with E-state index in [0.29, 0.717) is 5.69 Å². The second-order valence-corrected chi connectivity index (χ2v) is 5.69. The van der Waals surface area contributed by atoms with Gasteiger partial charge in [0.1, 0.15) is 23.1 Å². The third kappa shape index (κ3) is 3.45. The Morgan fingerprint density at radius 2 is 1.95 bits per heavy atom. The first-order valence-corrected chi connectivity index (χ1v) is 6.43. The number of carbonyl (C=O) groups excluding carboxylic acids is 1. The van der Waals surface area contributed by atoms with E-state index in [1.807, 2.05) is 0 Å². The highest BCUT2D eigenvalue weighted by Crippen LogP contribution is 2.23. The monoisotopic (exact) mass is 294 g/mol. The Morgan fingerprint density at radius 1 is 1.29 bits per heavy atom. The number of hydrogen-bond acceptors (Lipinski definition) is 3. The normalized spacial score (nSPS) is 11.5. The second-order valence-electron chi connectivity index (χ2n) is 5.69. The van der Waals surface area contributed by atoms with E-state index in [2.05, 4.69) is 9.97 Å². The zero-order valence-electron chi connectivity index (χ0n) is 12.3. The summed E-state index contributed by atoms with van der Waals surface area (Å²) >= 11 is 0. The molecular weight excluding hydrogens is 278 g/mol. The van der Waals surface area contributed by atoms with Crippen LogP contribution in [0, 0.1) is 18.6 Å². The maximum atomic E-state index is 13.7. The van der Waals surface area contributed by atoms with E-state index in [9.17, 15) is 13.6 Å². The number of halogens is 2. The van der Waals surface area contributed by atoms with Crippen molar-refractivity contribution >= 4 is 5.97 Å². The highest BCUT2D eigenvalue weighted by atomic mass is 19.1. The summed E-state index contributed by atoms with van der Waals surface area (Å²) in [6, 6.07) is 3.16. The molecule has 6 heteroatoms. The van der Waals surface area contributed by atoms with Crippen LogP contribution in [0.3, 0.4) is 0 Å². The van der Waals surface area contributed by atoms with Crippen molar-refractivity contribution in [1.82, 2.24) is 9.97 Å². The van der Waals surface area contributed by atoms with Crippen molar-refractivity contribution in [3.63, 3.8) is 0 Å². The fourth-order valence-electron chi connectivity index (χ4n) is 1.79. The van der Waals surface area contributed by atoms with Crippen LogP contribution in [-0.4, -0.2) is 21.5 Å². The van der Waals surface area contributed by atoms with E-state index in [4.69, 9.17) is 4.74 Å². The maximum absolute atomic E-state index is 13.7. The molecule has 0 saturated carbocycles. The SMILES string of the molecule is Cc1[nH]c(-c2ccc(F)cc2F)nc1C(=O)OC(C)(C)C. The van der Waals surface area contributed by atoms with Crippen molar-refractivity contribution in [1.29, 1.82) is 0 Å². The Bertz CT molecular complexity index is 687. The van der Waals surface area contributed by atoms with Crippen molar-refractivity contribution in [2.45, 2.75) is 33.3 Å². The van der Waals surface area contributed by atoms with Gasteiger partial charge in [-0.25, -0.2) is 18.6 Å². The first-order valence-electron chi connectivity index (χ1n) is 6.43. The number of hydrogen-bond donors (Lipinski definition) is 1. The number of rotatable bonds is 2. The smallest absolute Gasteiger partial charge is 0.359 e. The molecule has 0 bridgehead atoms. The Morgan fingerprint density at radius 3 is 2.52 bits per heavy atom. The molecule has 21 heavy (non-hydrogen) atoms. The molecule has 2 aromatic rings. The molecule has 0 spiro atoms. The molecule has 1 aromatic carbocycles. The highest BCUT2D eigenvalue weighted by molar-refractivity contribution is 5.89. The Balaban J connectivity index is 2.37. The number of nitrogens with one attached hydrogen (secondary N) is 1. The number of imidazole rings is 1. The summed E-state index contributed by atoms with van der Waals surface area (Å²) < 4.78 is 31.9. The van der Waals surface area contributed by atoms with Crippen molar-refractivity contribution in [2.24, 2.45) is 0 Å². The summed E-state index contributed by atoms with van der Waals surface area (Å²) in [5, 5.41) is 0. The Hall–Kier alpha value is -2.24. The van der Waals surface area contributed by atoms with E-state index < -0.39 is 23.2 Å². The molecule has 0 unspecified atom stereocenters. The van der Waals surface area contributed by atoms with Gasteiger partial charge in [0.25, 0.3) is 0 Å². The summed E-state index contributed by atoms with van der Waals surface area (Å²) in [6.45, 7) is 6.87. The minimum absolute atomic E-state index is 0.0867. The molecule has 0 aliphatic rings. The van der Waals surface area contributed by atoms with Gasteiger partial charge in [-0.05, 0) is 39.8 Å². The molecule has 0 saturated heterocycles. The minimum atomic E-state index is -0.750. The summed E-state index contributed by atoms with van der Waals surface area (Å²) in [5.41, 5.74) is -0.00929.